The van der Waals surface area contributed by atoms with E-state index in [1.54, 1.807) is 6.33 Å². The lowest BCUT2D eigenvalue weighted by Crippen LogP contribution is -2.25. The van der Waals surface area contributed by atoms with Crippen LogP contribution < -0.4 is 5.32 Å². The summed E-state index contributed by atoms with van der Waals surface area (Å²) in [5.41, 5.74) is 1.36. The maximum atomic E-state index is 4.14. The summed E-state index contributed by atoms with van der Waals surface area (Å²) in [5, 5.41) is 10.4. The van der Waals surface area contributed by atoms with E-state index in [4.69, 9.17) is 0 Å². The standard InChI is InChI=1S/C15H22N4/c1-12(2)10-14(13-6-4-3-5-7-13)16-9-8-15-17-11-18-19-15/h3-7,11-12,14,16H,8-10H2,1-2H3,(H,17,18,19). The molecule has 1 unspecified atom stereocenters. The Bertz CT molecular complexity index is 450. The van der Waals surface area contributed by atoms with Gasteiger partial charge in [0, 0.05) is 19.0 Å². The van der Waals surface area contributed by atoms with Gasteiger partial charge in [0.15, 0.2) is 0 Å². The summed E-state index contributed by atoms with van der Waals surface area (Å²) in [4.78, 5) is 4.14. The minimum atomic E-state index is 0.407. The predicted octanol–water partition coefficient (Wildman–Crippen LogP) is 2.72. The summed E-state index contributed by atoms with van der Waals surface area (Å²) >= 11 is 0. The summed E-state index contributed by atoms with van der Waals surface area (Å²) < 4.78 is 0. The smallest absolute Gasteiger partial charge is 0.137 e. The van der Waals surface area contributed by atoms with E-state index in [1.165, 1.54) is 5.56 Å². The highest BCUT2D eigenvalue weighted by molar-refractivity contribution is 5.18. The Morgan fingerprint density at radius 1 is 1.21 bits per heavy atom. The van der Waals surface area contributed by atoms with Gasteiger partial charge in [0.1, 0.15) is 12.2 Å². The molecule has 0 amide bonds. The van der Waals surface area contributed by atoms with Crippen LogP contribution in [0.3, 0.4) is 0 Å². The molecule has 1 heterocycles. The number of nitrogens with zero attached hydrogens (tertiary/aromatic N) is 2. The largest absolute Gasteiger partial charge is 0.309 e. The summed E-state index contributed by atoms with van der Waals surface area (Å²) in [6.45, 7) is 5.42. The molecule has 2 aromatic rings. The van der Waals surface area contributed by atoms with E-state index >= 15 is 0 Å². The fourth-order valence-electron chi connectivity index (χ4n) is 2.21. The molecule has 0 radical (unpaired) electrons. The van der Waals surface area contributed by atoms with Crippen molar-refractivity contribution >= 4 is 0 Å². The molecule has 4 heteroatoms. The minimum absolute atomic E-state index is 0.407. The second-order valence-electron chi connectivity index (χ2n) is 5.23. The summed E-state index contributed by atoms with van der Waals surface area (Å²) in [7, 11) is 0. The van der Waals surface area contributed by atoms with Crippen molar-refractivity contribution < 1.29 is 0 Å². The summed E-state index contributed by atoms with van der Waals surface area (Å²) in [6.07, 6.45) is 3.57. The molecule has 2 N–H and O–H groups in total. The van der Waals surface area contributed by atoms with E-state index in [1.807, 2.05) is 0 Å². The highest BCUT2D eigenvalue weighted by Crippen LogP contribution is 2.20. The van der Waals surface area contributed by atoms with Crippen LogP contribution in [0.25, 0.3) is 0 Å². The third-order valence-electron chi connectivity index (χ3n) is 3.13. The lowest BCUT2D eigenvalue weighted by atomic mass is 9.97. The molecule has 0 saturated carbocycles. The van der Waals surface area contributed by atoms with Crippen LogP contribution in [-0.4, -0.2) is 21.7 Å². The summed E-state index contributed by atoms with van der Waals surface area (Å²) in [6, 6.07) is 11.0. The number of aromatic nitrogens is 3. The summed E-state index contributed by atoms with van der Waals surface area (Å²) in [5.74, 6) is 1.60. The molecule has 1 atom stereocenters. The first-order valence-electron chi connectivity index (χ1n) is 6.88. The normalized spacial score (nSPS) is 12.8. The zero-order chi connectivity index (χ0) is 13.5. The van der Waals surface area contributed by atoms with Crippen molar-refractivity contribution in [3.63, 3.8) is 0 Å². The zero-order valence-electron chi connectivity index (χ0n) is 11.6. The number of benzene rings is 1. The molecular formula is C15H22N4. The van der Waals surface area contributed by atoms with Crippen molar-refractivity contribution in [2.24, 2.45) is 5.92 Å². The minimum Gasteiger partial charge on any atom is -0.309 e. The number of nitrogens with one attached hydrogen (secondary N) is 2. The van der Waals surface area contributed by atoms with E-state index in [0.717, 1.165) is 25.2 Å². The maximum absolute atomic E-state index is 4.14. The molecule has 19 heavy (non-hydrogen) atoms. The molecule has 0 bridgehead atoms. The second-order valence-corrected chi connectivity index (χ2v) is 5.23. The Morgan fingerprint density at radius 2 is 2.00 bits per heavy atom. The molecule has 0 fully saturated rings. The van der Waals surface area contributed by atoms with Gasteiger partial charge < -0.3 is 5.32 Å². The van der Waals surface area contributed by atoms with Crippen LogP contribution in [0.5, 0.6) is 0 Å². The van der Waals surface area contributed by atoms with Crippen LogP contribution in [0.4, 0.5) is 0 Å². The van der Waals surface area contributed by atoms with Gasteiger partial charge in [-0.1, -0.05) is 44.2 Å². The highest BCUT2D eigenvalue weighted by atomic mass is 15.2. The second kappa shape index (κ2) is 7.04. The molecule has 0 aliphatic rings. The number of H-pyrrole nitrogens is 1. The maximum Gasteiger partial charge on any atom is 0.137 e. The van der Waals surface area contributed by atoms with Gasteiger partial charge in [-0.15, -0.1) is 0 Å². The Labute approximate surface area is 114 Å². The van der Waals surface area contributed by atoms with Crippen molar-refractivity contribution in [1.29, 1.82) is 0 Å². The Hall–Kier alpha value is -1.68. The topological polar surface area (TPSA) is 53.6 Å². The molecule has 0 saturated heterocycles. The van der Waals surface area contributed by atoms with Crippen molar-refractivity contribution in [2.75, 3.05) is 6.54 Å². The molecule has 0 aliphatic carbocycles. The van der Waals surface area contributed by atoms with Crippen LogP contribution in [0.15, 0.2) is 36.7 Å². The van der Waals surface area contributed by atoms with Crippen LogP contribution in [0.1, 0.15) is 37.7 Å². The molecule has 4 nitrogen and oxygen atoms in total. The zero-order valence-corrected chi connectivity index (χ0v) is 11.6. The molecule has 102 valence electrons. The van der Waals surface area contributed by atoms with Crippen molar-refractivity contribution in [2.45, 2.75) is 32.7 Å². The van der Waals surface area contributed by atoms with Crippen molar-refractivity contribution in [3.05, 3.63) is 48.0 Å². The molecule has 0 spiro atoms. The average Bonchev–Trinajstić information content (AvgIpc) is 2.91. The third-order valence-corrected chi connectivity index (χ3v) is 3.13. The number of aromatic amines is 1. The van der Waals surface area contributed by atoms with Crippen LogP contribution in [0.2, 0.25) is 0 Å². The molecule has 2 rings (SSSR count). The Kier molecular flexibility index (Phi) is 5.10. The third kappa shape index (κ3) is 4.48. The first kappa shape index (κ1) is 13.7. The lowest BCUT2D eigenvalue weighted by molar-refractivity contribution is 0.430. The van der Waals surface area contributed by atoms with Gasteiger partial charge in [-0.05, 0) is 17.9 Å². The van der Waals surface area contributed by atoms with Gasteiger partial charge in [-0.2, -0.15) is 5.10 Å². The predicted molar refractivity (Wildman–Crippen MR) is 76.7 cm³/mol. The Balaban J connectivity index is 1.91. The van der Waals surface area contributed by atoms with E-state index in [0.29, 0.717) is 12.0 Å². The molecule has 0 aliphatic heterocycles. The fraction of sp³-hybridized carbons (Fsp3) is 0.467. The molecule has 1 aromatic heterocycles. The lowest BCUT2D eigenvalue weighted by Gasteiger charge is -2.21. The fourth-order valence-corrected chi connectivity index (χ4v) is 2.21. The van der Waals surface area contributed by atoms with E-state index in [2.05, 4.69) is 64.7 Å². The molecule has 1 aromatic carbocycles. The van der Waals surface area contributed by atoms with Crippen molar-refractivity contribution in [1.82, 2.24) is 20.5 Å². The van der Waals surface area contributed by atoms with E-state index in [9.17, 15) is 0 Å². The number of hydrogen-bond donors (Lipinski definition) is 2. The van der Waals surface area contributed by atoms with Crippen LogP contribution in [0, 0.1) is 5.92 Å². The van der Waals surface area contributed by atoms with Gasteiger partial charge in [0.05, 0.1) is 0 Å². The van der Waals surface area contributed by atoms with Gasteiger partial charge in [-0.25, -0.2) is 4.98 Å². The first-order valence-corrected chi connectivity index (χ1v) is 6.88. The first-order chi connectivity index (χ1) is 9.25. The van der Waals surface area contributed by atoms with Gasteiger partial charge >= 0.3 is 0 Å². The van der Waals surface area contributed by atoms with Crippen LogP contribution in [-0.2, 0) is 6.42 Å². The van der Waals surface area contributed by atoms with Crippen molar-refractivity contribution in [3.8, 4) is 0 Å². The van der Waals surface area contributed by atoms with E-state index < -0.39 is 0 Å². The average molecular weight is 258 g/mol. The van der Waals surface area contributed by atoms with E-state index in [-0.39, 0.29) is 0 Å². The Morgan fingerprint density at radius 3 is 2.63 bits per heavy atom. The van der Waals surface area contributed by atoms with Gasteiger partial charge in [0.2, 0.25) is 0 Å². The quantitative estimate of drug-likeness (QED) is 0.803. The molecular weight excluding hydrogens is 236 g/mol. The monoisotopic (exact) mass is 258 g/mol. The van der Waals surface area contributed by atoms with Gasteiger partial charge in [-0.3, -0.25) is 5.10 Å². The number of rotatable bonds is 7. The number of hydrogen-bond acceptors (Lipinski definition) is 3. The van der Waals surface area contributed by atoms with Crippen LogP contribution >= 0.6 is 0 Å². The SMILES string of the molecule is CC(C)CC(NCCc1ncn[nH]1)c1ccccc1. The highest BCUT2D eigenvalue weighted by Gasteiger charge is 2.12. The van der Waals surface area contributed by atoms with Gasteiger partial charge in [0.25, 0.3) is 0 Å².